The number of halogens is 1. The molecule has 5 heteroatoms. The number of tetrazole rings is 1. The lowest BCUT2D eigenvalue weighted by molar-refractivity contribution is -0.751. The van der Waals surface area contributed by atoms with Crippen molar-refractivity contribution < 1.29 is 4.68 Å². The molecule has 1 aromatic carbocycles. The van der Waals surface area contributed by atoms with Gasteiger partial charge in [-0.15, -0.1) is 4.68 Å². The first-order valence-corrected chi connectivity index (χ1v) is 4.75. The fourth-order valence-electron chi connectivity index (χ4n) is 1.12. The van der Waals surface area contributed by atoms with Crippen LogP contribution < -0.4 is 4.68 Å². The molecule has 0 radical (unpaired) electrons. The largest absolute Gasteiger partial charge is 0.250 e. The van der Waals surface area contributed by atoms with Crippen LogP contribution in [0, 0.1) is 0 Å². The first-order chi connectivity index (χ1) is 6.79. The Kier molecular flexibility index (Phi) is 2.45. The van der Waals surface area contributed by atoms with E-state index < -0.39 is 0 Å². The molecule has 0 saturated heterocycles. The van der Waals surface area contributed by atoms with Gasteiger partial charge in [-0.25, -0.2) is 0 Å². The van der Waals surface area contributed by atoms with Gasteiger partial charge in [0, 0.05) is 5.02 Å². The van der Waals surface area contributed by atoms with Crippen LogP contribution >= 0.6 is 11.6 Å². The van der Waals surface area contributed by atoms with Gasteiger partial charge in [0.25, 0.3) is 0 Å². The minimum atomic E-state index is 0.720. The van der Waals surface area contributed by atoms with Crippen molar-refractivity contribution in [2.75, 3.05) is 0 Å². The van der Waals surface area contributed by atoms with E-state index in [0.29, 0.717) is 0 Å². The van der Waals surface area contributed by atoms with Crippen LogP contribution in [0.3, 0.4) is 0 Å². The molecule has 0 spiro atoms. The second kappa shape index (κ2) is 3.75. The Morgan fingerprint density at radius 1 is 1.36 bits per heavy atom. The molecule has 2 aromatic rings. The van der Waals surface area contributed by atoms with Gasteiger partial charge in [0.15, 0.2) is 5.21 Å². The van der Waals surface area contributed by atoms with Crippen molar-refractivity contribution in [3.8, 4) is 5.69 Å². The standard InChI is InChI=1S/C9H10ClN4/c1-2-13-7-14(12-11-13)9-5-3-8(10)4-6-9/h3-7H,2H2,1H3/q+1. The maximum absolute atomic E-state index is 5.78. The molecule has 14 heavy (non-hydrogen) atoms. The lowest BCUT2D eigenvalue weighted by Crippen LogP contribution is -2.33. The molecule has 0 aliphatic rings. The lowest BCUT2D eigenvalue weighted by Gasteiger charge is -1.91. The Bertz CT molecular complexity index is 421. The van der Waals surface area contributed by atoms with Gasteiger partial charge in [-0.2, -0.15) is 0 Å². The third-order valence-electron chi connectivity index (χ3n) is 1.91. The summed E-state index contributed by atoms with van der Waals surface area (Å²) in [5.41, 5.74) is 0.953. The summed E-state index contributed by atoms with van der Waals surface area (Å²) >= 11 is 5.78. The van der Waals surface area contributed by atoms with Crippen LogP contribution in [0.4, 0.5) is 0 Å². The Hall–Kier alpha value is -1.42. The van der Waals surface area contributed by atoms with Gasteiger partial charge in [-0.3, -0.25) is 0 Å². The first-order valence-electron chi connectivity index (χ1n) is 4.37. The predicted molar refractivity (Wildman–Crippen MR) is 52.2 cm³/mol. The summed E-state index contributed by atoms with van der Waals surface area (Å²) in [7, 11) is 0. The molecule has 1 aromatic heterocycles. The lowest BCUT2D eigenvalue weighted by atomic mass is 10.3. The molecule has 4 nitrogen and oxygen atoms in total. The molecule has 0 aliphatic heterocycles. The molecule has 0 atom stereocenters. The molecule has 0 N–H and O–H groups in total. The molecule has 0 unspecified atom stereocenters. The second-order valence-electron chi connectivity index (χ2n) is 2.87. The molecule has 1 heterocycles. The number of hydrogen-bond donors (Lipinski definition) is 0. The molecular weight excluding hydrogens is 200 g/mol. The molecule has 0 saturated carbocycles. The van der Waals surface area contributed by atoms with Crippen LogP contribution in [0.2, 0.25) is 5.02 Å². The van der Waals surface area contributed by atoms with Crippen LogP contribution in [0.25, 0.3) is 5.69 Å². The smallest absolute Gasteiger partial charge is 0.140 e. The minimum Gasteiger partial charge on any atom is -0.140 e. The summed E-state index contributed by atoms with van der Waals surface area (Å²) in [6, 6.07) is 7.46. The maximum Gasteiger partial charge on any atom is 0.250 e. The van der Waals surface area contributed by atoms with Crippen molar-refractivity contribution >= 4 is 11.6 Å². The SMILES string of the molecule is CC[n+]1cn(-c2ccc(Cl)cc2)nn1. The van der Waals surface area contributed by atoms with Crippen LogP contribution in [0.5, 0.6) is 0 Å². The van der Waals surface area contributed by atoms with Gasteiger partial charge in [-0.05, 0) is 31.2 Å². The van der Waals surface area contributed by atoms with E-state index in [4.69, 9.17) is 11.6 Å². The topological polar surface area (TPSA) is 34.6 Å². The highest BCUT2D eigenvalue weighted by Gasteiger charge is 2.08. The van der Waals surface area contributed by atoms with E-state index in [1.165, 1.54) is 0 Å². The molecule has 0 amide bonds. The van der Waals surface area contributed by atoms with Crippen molar-refractivity contribution in [2.24, 2.45) is 0 Å². The Morgan fingerprint density at radius 2 is 2.07 bits per heavy atom. The van der Waals surface area contributed by atoms with E-state index >= 15 is 0 Å². The van der Waals surface area contributed by atoms with Gasteiger partial charge >= 0.3 is 0 Å². The molecule has 0 aliphatic carbocycles. The normalized spacial score (nSPS) is 10.4. The minimum absolute atomic E-state index is 0.720. The van der Waals surface area contributed by atoms with E-state index in [9.17, 15) is 0 Å². The van der Waals surface area contributed by atoms with Crippen molar-refractivity contribution in [3.05, 3.63) is 35.6 Å². The highest BCUT2D eigenvalue weighted by molar-refractivity contribution is 6.30. The van der Waals surface area contributed by atoms with E-state index in [2.05, 4.69) is 10.4 Å². The zero-order valence-corrected chi connectivity index (χ0v) is 8.52. The van der Waals surface area contributed by atoms with Crippen LogP contribution in [0.1, 0.15) is 6.92 Å². The van der Waals surface area contributed by atoms with Crippen LogP contribution in [0.15, 0.2) is 30.6 Å². The van der Waals surface area contributed by atoms with E-state index in [1.807, 2.05) is 37.5 Å². The van der Waals surface area contributed by atoms with E-state index in [-0.39, 0.29) is 0 Å². The van der Waals surface area contributed by atoms with Gasteiger partial charge in [0.1, 0.15) is 10.9 Å². The van der Waals surface area contributed by atoms with Gasteiger partial charge < -0.3 is 0 Å². The maximum atomic E-state index is 5.78. The zero-order chi connectivity index (χ0) is 9.97. The third-order valence-corrected chi connectivity index (χ3v) is 2.16. The third kappa shape index (κ3) is 1.75. The first kappa shape index (κ1) is 9.15. The monoisotopic (exact) mass is 209 g/mol. The summed E-state index contributed by atoms with van der Waals surface area (Å²) in [5, 5.41) is 8.62. The zero-order valence-electron chi connectivity index (χ0n) is 7.76. The van der Waals surface area contributed by atoms with Crippen molar-refractivity contribution in [1.29, 1.82) is 0 Å². The fraction of sp³-hybridized carbons (Fsp3) is 0.222. The summed E-state index contributed by atoms with van der Waals surface area (Å²) in [6.07, 6.45) is 1.84. The second-order valence-corrected chi connectivity index (χ2v) is 3.31. The summed E-state index contributed by atoms with van der Waals surface area (Å²) in [4.78, 5) is 0. The predicted octanol–water partition coefficient (Wildman–Crippen LogP) is 1.23. The summed E-state index contributed by atoms with van der Waals surface area (Å²) in [6.45, 7) is 2.83. The number of aryl methyl sites for hydroxylation is 1. The van der Waals surface area contributed by atoms with Gasteiger partial charge in [-0.1, -0.05) is 16.3 Å². The van der Waals surface area contributed by atoms with E-state index in [0.717, 1.165) is 17.3 Å². The highest BCUT2D eigenvalue weighted by Crippen LogP contribution is 2.11. The molecular formula is C9H10ClN4+. The molecule has 72 valence electrons. The fourth-order valence-corrected chi connectivity index (χ4v) is 1.25. The Balaban J connectivity index is 2.34. The Morgan fingerprint density at radius 3 is 2.64 bits per heavy atom. The number of nitrogens with zero attached hydrogens (tertiary/aromatic N) is 4. The summed E-state index contributed by atoms with van der Waals surface area (Å²) < 4.78 is 3.47. The number of benzene rings is 1. The average molecular weight is 210 g/mol. The van der Waals surface area contributed by atoms with Crippen LogP contribution in [-0.4, -0.2) is 15.1 Å². The van der Waals surface area contributed by atoms with Crippen molar-refractivity contribution in [1.82, 2.24) is 15.1 Å². The molecule has 0 fully saturated rings. The quantitative estimate of drug-likeness (QED) is 0.698. The van der Waals surface area contributed by atoms with Crippen molar-refractivity contribution in [3.63, 3.8) is 0 Å². The van der Waals surface area contributed by atoms with E-state index in [1.54, 1.807) is 9.36 Å². The van der Waals surface area contributed by atoms with Crippen LogP contribution in [-0.2, 0) is 6.54 Å². The highest BCUT2D eigenvalue weighted by atomic mass is 35.5. The number of aromatic nitrogens is 4. The number of hydrogen-bond acceptors (Lipinski definition) is 2. The van der Waals surface area contributed by atoms with Crippen molar-refractivity contribution in [2.45, 2.75) is 13.5 Å². The number of rotatable bonds is 2. The average Bonchev–Trinajstić information content (AvgIpc) is 2.67. The van der Waals surface area contributed by atoms with Gasteiger partial charge in [0.05, 0.1) is 6.54 Å². The Labute approximate surface area is 86.7 Å². The van der Waals surface area contributed by atoms with Gasteiger partial charge in [0.2, 0.25) is 6.33 Å². The summed E-state index contributed by atoms with van der Waals surface area (Å²) in [5.74, 6) is 0. The molecule has 2 rings (SSSR count). The molecule has 0 bridgehead atoms.